The first-order valence-corrected chi connectivity index (χ1v) is 7.92. The summed E-state index contributed by atoms with van der Waals surface area (Å²) in [5, 5.41) is 0. The second kappa shape index (κ2) is 7.25. The molecule has 0 bridgehead atoms. The van der Waals surface area contributed by atoms with Crippen LogP contribution in [-0.4, -0.2) is 55.0 Å². The molecule has 0 aliphatic carbocycles. The quantitative estimate of drug-likeness (QED) is 0.835. The largest absolute Gasteiger partial charge is 0.342 e. The third-order valence-corrected chi connectivity index (χ3v) is 4.71. The minimum absolute atomic E-state index is 0.280. The minimum atomic E-state index is 0.280. The molecular formula is C15H29N3O. The molecule has 2 saturated heterocycles. The second-order valence-electron chi connectivity index (χ2n) is 6.27. The number of carbonyl (C=O) groups excluding carboxylic acids is 1. The van der Waals surface area contributed by atoms with Crippen LogP contribution in [0.4, 0.5) is 0 Å². The highest BCUT2D eigenvalue weighted by Gasteiger charge is 2.29. The van der Waals surface area contributed by atoms with E-state index in [4.69, 9.17) is 5.73 Å². The molecule has 0 saturated carbocycles. The van der Waals surface area contributed by atoms with Gasteiger partial charge in [-0.2, -0.15) is 0 Å². The predicted octanol–water partition coefficient (Wildman–Crippen LogP) is 1.31. The van der Waals surface area contributed by atoms with Crippen molar-refractivity contribution in [3.05, 3.63) is 0 Å². The topological polar surface area (TPSA) is 49.6 Å². The van der Waals surface area contributed by atoms with E-state index in [0.717, 1.165) is 64.4 Å². The van der Waals surface area contributed by atoms with E-state index in [-0.39, 0.29) is 5.92 Å². The van der Waals surface area contributed by atoms with Crippen LogP contribution in [0.2, 0.25) is 0 Å². The van der Waals surface area contributed by atoms with Gasteiger partial charge in [-0.15, -0.1) is 0 Å². The molecule has 2 aliphatic heterocycles. The van der Waals surface area contributed by atoms with Crippen molar-refractivity contribution in [2.45, 2.75) is 39.0 Å². The first-order chi connectivity index (χ1) is 9.20. The number of rotatable bonds is 4. The third-order valence-electron chi connectivity index (χ3n) is 4.71. The molecule has 0 aromatic heterocycles. The van der Waals surface area contributed by atoms with E-state index in [1.54, 1.807) is 0 Å². The van der Waals surface area contributed by atoms with Gasteiger partial charge < -0.3 is 15.5 Å². The lowest BCUT2D eigenvalue weighted by atomic mass is 9.92. The molecule has 0 aromatic carbocycles. The lowest BCUT2D eigenvalue weighted by Crippen LogP contribution is -2.45. The van der Waals surface area contributed by atoms with Gasteiger partial charge >= 0.3 is 0 Å². The average molecular weight is 267 g/mol. The summed E-state index contributed by atoms with van der Waals surface area (Å²) in [5.74, 6) is 1.50. The Morgan fingerprint density at radius 2 is 1.74 bits per heavy atom. The summed E-state index contributed by atoms with van der Waals surface area (Å²) in [6.45, 7) is 8.25. The molecule has 4 heteroatoms. The van der Waals surface area contributed by atoms with Crippen molar-refractivity contribution in [3.8, 4) is 0 Å². The van der Waals surface area contributed by atoms with Crippen LogP contribution in [0.25, 0.3) is 0 Å². The Morgan fingerprint density at radius 1 is 1.11 bits per heavy atom. The predicted molar refractivity (Wildman–Crippen MR) is 77.8 cm³/mol. The molecule has 0 atom stereocenters. The first-order valence-electron chi connectivity index (χ1n) is 7.92. The van der Waals surface area contributed by atoms with Gasteiger partial charge in [0.05, 0.1) is 0 Å². The Labute approximate surface area is 117 Å². The van der Waals surface area contributed by atoms with E-state index in [1.165, 1.54) is 12.8 Å². The van der Waals surface area contributed by atoms with Crippen molar-refractivity contribution < 1.29 is 4.79 Å². The van der Waals surface area contributed by atoms with Gasteiger partial charge in [-0.1, -0.05) is 6.92 Å². The second-order valence-corrected chi connectivity index (χ2v) is 6.27. The summed E-state index contributed by atoms with van der Waals surface area (Å²) in [6, 6.07) is 0. The Bertz CT molecular complexity index is 279. The Kier molecular flexibility index (Phi) is 5.64. The van der Waals surface area contributed by atoms with Gasteiger partial charge in [0.15, 0.2) is 0 Å². The summed E-state index contributed by atoms with van der Waals surface area (Å²) < 4.78 is 0. The summed E-state index contributed by atoms with van der Waals surface area (Å²) in [5.41, 5.74) is 5.54. The van der Waals surface area contributed by atoms with Gasteiger partial charge in [0.2, 0.25) is 5.91 Å². The first kappa shape index (κ1) is 14.8. The molecule has 0 spiro atoms. The van der Waals surface area contributed by atoms with Crippen LogP contribution in [0, 0.1) is 11.8 Å². The van der Waals surface area contributed by atoms with E-state index < -0.39 is 0 Å². The fraction of sp³-hybridized carbons (Fsp3) is 0.933. The number of likely N-dealkylation sites (tertiary alicyclic amines) is 2. The van der Waals surface area contributed by atoms with Crippen molar-refractivity contribution >= 4 is 5.91 Å². The van der Waals surface area contributed by atoms with Crippen molar-refractivity contribution in [1.82, 2.24) is 9.80 Å². The zero-order valence-electron chi connectivity index (χ0n) is 12.3. The molecule has 1 amide bonds. The smallest absolute Gasteiger partial charge is 0.225 e. The molecule has 19 heavy (non-hydrogen) atoms. The van der Waals surface area contributed by atoms with E-state index in [1.807, 2.05) is 0 Å². The summed E-state index contributed by atoms with van der Waals surface area (Å²) in [7, 11) is 0. The molecule has 2 fully saturated rings. The van der Waals surface area contributed by atoms with Crippen LogP contribution in [0.5, 0.6) is 0 Å². The number of amides is 1. The van der Waals surface area contributed by atoms with Gasteiger partial charge in [-0.25, -0.2) is 0 Å². The zero-order chi connectivity index (χ0) is 13.7. The minimum Gasteiger partial charge on any atom is -0.342 e. The number of piperidine rings is 2. The van der Waals surface area contributed by atoms with Crippen LogP contribution in [-0.2, 0) is 4.79 Å². The highest BCUT2D eigenvalue weighted by Crippen LogP contribution is 2.23. The molecular weight excluding hydrogens is 238 g/mol. The van der Waals surface area contributed by atoms with E-state index in [0.29, 0.717) is 5.91 Å². The number of nitrogens with two attached hydrogens (primary N) is 1. The van der Waals surface area contributed by atoms with E-state index in [9.17, 15) is 4.79 Å². The van der Waals surface area contributed by atoms with Gasteiger partial charge in [0.1, 0.15) is 0 Å². The molecule has 4 nitrogen and oxygen atoms in total. The Hall–Kier alpha value is -0.610. The van der Waals surface area contributed by atoms with Gasteiger partial charge in [0, 0.05) is 19.0 Å². The van der Waals surface area contributed by atoms with Crippen molar-refractivity contribution in [1.29, 1.82) is 0 Å². The van der Waals surface area contributed by atoms with Gasteiger partial charge in [-0.3, -0.25) is 4.79 Å². The molecule has 0 radical (unpaired) electrons. The van der Waals surface area contributed by atoms with Crippen LogP contribution in [0.15, 0.2) is 0 Å². The monoisotopic (exact) mass is 267 g/mol. The summed E-state index contributed by atoms with van der Waals surface area (Å²) in [4.78, 5) is 17.0. The third kappa shape index (κ3) is 4.18. The Balaban J connectivity index is 1.73. The fourth-order valence-electron chi connectivity index (χ4n) is 3.21. The molecule has 110 valence electrons. The highest BCUT2D eigenvalue weighted by molar-refractivity contribution is 5.79. The zero-order valence-corrected chi connectivity index (χ0v) is 12.3. The summed E-state index contributed by atoms with van der Waals surface area (Å²) >= 11 is 0. The number of hydrogen-bond acceptors (Lipinski definition) is 3. The maximum absolute atomic E-state index is 12.5. The van der Waals surface area contributed by atoms with Crippen molar-refractivity contribution in [2.75, 3.05) is 39.3 Å². The van der Waals surface area contributed by atoms with Crippen LogP contribution >= 0.6 is 0 Å². The lowest BCUT2D eigenvalue weighted by Gasteiger charge is -2.36. The Morgan fingerprint density at radius 3 is 2.32 bits per heavy atom. The average Bonchev–Trinajstić information content (AvgIpc) is 2.46. The number of carbonyl (C=O) groups is 1. The number of hydrogen-bond donors (Lipinski definition) is 1. The maximum atomic E-state index is 12.5. The lowest BCUT2D eigenvalue weighted by molar-refractivity contribution is -0.138. The molecule has 2 aliphatic rings. The van der Waals surface area contributed by atoms with Crippen molar-refractivity contribution in [3.63, 3.8) is 0 Å². The fourth-order valence-corrected chi connectivity index (χ4v) is 3.21. The molecule has 0 unspecified atom stereocenters. The highest BCUT2D eigenvalue weighted by atomic mass is 16.2. The maximum Gasteiger partial charge on any atom is 0.225 e. The standard InChI is InChI=1S/C15H29N3O/c1-13-3-11-18(12-4-13)15(19)14-5-9-17(10-6-14)8-2-7-16/h13-14H,2-12,16H2,1H3. The van der Waals surface area contributed by atoms with Crippen LogP contribution in [0.3, 0.4) is 0 Å². The van der Waals surface area contributed by atoms with Crippen LogP contribution < -0.4 is 5.73 Å². The molecule has 0 aromatic rings. The van der Waals surface area contributed by atoms with Crippen LogP contribution in [0.1, 0.15) is 39.0 Å². The SMILES string of the molecule is CC1CCN(C(=O)C2CCN(CCCN)CC2)CC1. The molecule has 2 rings (SSSR count). The van der Waals surface area contributed by atoms with Gasteiger partial charge in [-0.05, 0) is 64.2 Å². The van der Waals surface area contributed by atoms with E-state index in [2.05, 4.69) is 16.7 Å². The van der Waals surface area contributed by atoms with Crippen molar-refractivity contribution in [2.24, 2.45) is 17.6 Å². The normalized spacial score (nSPS) is 23.8. The van der Waals surface area contributed by atoms with Gasteiger partial charge in [0.25, 0.3) is 0 Å². The molecule has 2 N–H and O–H groups in total. The number of nitrogens with zero attached hydrogens (tertiary/aromatic N) is 2. The van der Waals surface area contributed by atoms with E-state index >= 15 is 0 Å². The summed E-state index contributed by atoms with van der Waals surface area (Å²) in [6.07, 6.45) is 5.51. The molecule has 2 heterocycles.